The van der Waals surface area contributed by atoms with Crippen LogP contribution in [-0.2, 0) is 6.54 Å². The topological polar surface area (TPSA) is 56.5 Å². The minimum absolute atomic E-state index is 0.373. The summed E-state index contributed by atoms with van der Waals surface area (Å²) in [5, 5.41) is 13.4. The molecule has 6 heteroatoms. The van der Waals surface area contributed by atoms with E-state index in [1.807, 2.05) is 30.3 Å². The second-order valence-corrected chi connectivity index (χ2v) is 5.83. The molecule has 0 spiro atoms. The van der Waals surface area contributed by atoms with Crippen molar-refractivity contribution >= 4 is 11.6 Å². The van der Waals surface area contributed by atoms with Gasteiger partial charge < -0.3 is 0 Å². The molecule has 0 saturated heterocycles. The third-order valence-electron chi connectivity index (χ3n) is 3.38. The van der Waals surface area contributed by atoms with Gasteiger partial charge in [0, 0.05) is 23.0 Å². The van der Waals surface area contributed by atoms with E-state index in [9.17, 15) is 0 Å². The number of hydrogen-bond acceptors (Lipinski definition) is 4. The quantitative estimate of drug-likeness (QED) is 0.739. The number of hydrogen-bond donors (Lipinski definition) is 0. The van der Waals surface area contributed by atoms with Crippen molar-refractivity contribution in [2.45, 2.75) is 26.3 Å². The highest BCUT2D eigenvalue weighted by Gasteiger charge is 2.13. The predicted molar refractivity (Wildman–Crippen MR) is 85.7 cm³/mol. The Morgan fingerprint density at radius 2 is 2.09 bits per heavy atom. The van der Waals surface area contributed by atoms with Crippen molar-refractivity contribution in [2.75, 3.05) is 0 Å². The monoisotopic (exact) mass is 313 g/mol. The summed E-state index contributed by atoms with van der Waals surface area (Å²) in [6.45, 7) is 4.80. The van der Waals surface area contributed by atoms with Crippen LogP contribution in [0.25, 0.3) is 11.4 Å². The Balaban J connectivity index is 1.88. The lowest BCUT2D eigenvalue weighted by molar-refractivity contribution is 0.573. The van der Waals surface area contributed by atoms with Crippen LogP contribution in [0.5, 0.6) is 0 Å². The van der Waals surface area contributed by atoms with Crippen molar-refractivity contribution in [2.24, 2.45) is 0 Å². The Labute approximate surface area is 134 Å². The van der Waals surface area contributed by atoms with E-state index in [1.54, 1.807) is 17.2 Å². The molecule has 5 nitrogen and oxygen atoms in total. The van der Waals surface area contributed by atoms with Crippen LogP contribution in [-0.4, -0.2) is 25.2 Å². The van der Waals surface area contributed by atoms with Gasteiger partial charge in [0.15, 0.2) is 0 Å². The first kappa shape index (κ1) is 14.7. The maximum Gasteiger partial charge on any atom is 0.206 e. The molecule has 1 aromatic carbocycles. The first-order valence-electron chi connectivity index (χ1n) is 7.10. The average Bonchev–Trinajstić information content (AvgIpc) is 2.95. The van der Waals surface area contributed by atoms with E-state index in [-0.39, 0.29) is 0 Å². The van der Waals surface area contributed by atoms with Gasteiger partial charge in [-0.05, 0) is 40.5 Å². The van der Waals surface area contributed by atoms with Crippen molar-refractivity contribution in [3.05, 3.63) is 58.9 Å². The van der Waals surface area contributed by atoms with Crippen molar-refractivity contribution in [1.29, 1.82) is 0 Å². The molecule has 0 fully saturated rings. The zero-order chi connectivity index (χ0) is 15.5. The fourth-order valence-electron chi connectivity index (χ4n) is 2.31. The molecule has 0 saturated carbocycles. The van der Waals surface area contributed by atoms with E-state index in [4.69, 9.17) is 11.6 Å². The third-order valence-corrected chi connectivity index (χ3v) is 3.62. The van der Waals surface area contributed by atoms with Crippen LogP contribution in [0.3, 0.4) is 0 Å². The highest BCUT2D eigenvalue weighted by molar-refractivity contribution is 6.30. The minimum atomic E-state index is 0.373. The summed E-state index contributed by atoms with van der Waals surface area (Å²) in [5.74, 6) is 0.969. The van der Waals surface area contributed by atoms with Crippen LogP contribution in [0.2, 0.25) is 5.02 Å². The van der Waals surface area contributed by atoms with Crippen LogP contribution >= 0.6 is 11.6 Å². The Bertz CT molecular complexity index is 781. The van der Waals surface area contributed by atoms with Gasteiger partial charge >= 0.3 is 0 Å². The minimum Gasteiger partial charge on any atom is -0.264 e. The summed E-state index contributed by atoms with van der Waals surface area (Å²) in [6, 6.07) is 9.63. The van der Waals surface area contributed by atoms with E-state index in [2.05, 4.69) is 34.2 Å². The van der Waals surface area contributed by atoms with Gasteiger partial charge in [0.1, 0.15) is 0 Å². The van der Waals surface area contributed by atoms with Crippen molar-refractivity contribution in [3.8, 4) is 11.4 Å². The number of pyridine rings is 1. The molecule has 0 aliphatic carbocycles. The number of rotatable bonds is 4. The average molecular weight is 314 g/mol. The normalized spacial score (nSPS) is 11.1. The largest absolute Gasteiger partial charge is 0.264 e. The lowest BCUT2D eigenvalue weighted by atomic mass is 9.99. The van der Waals surface area contributed by atoms with Crippen LogP contribution in [0, 0.1) is 0 Å². The van der Waals surface area contributed by atoms with Crippen LogP contribution in [0.1, 0.15) is 30.9 Å². The van der Waals surface area contributed by atoms with Gasteiger partial charge in [-0.2, -0.15) is 4.80 Å². The van der Waals surface area contributed by atoms with Gasteiger partial charge in [0.2, 0.25) is 5.82 Å². The van der Waals surface area contributed by atoms with Gasteiger partial charge in [0.25, 0.3) is 0 Å². The molecule has 3 rings (SSSR count). The molecule has 0 aliphatic heterocycles. The smallest absolute Gasteiger partial charge is 0.206 e. The van der Waals surface area contributed by atoms with Crippen molar-refractivity contribution in [3.63, 3.8) is 0 Å². The molecule has 0 atom stereocenters. The molecular weight excluding hydrogens is 298 g/mol. The molecule has 0 amide bonds. The molecule has 112 valence electrons. The standard InChI is InChI=1S/C16H16ClN5/c1-11(2)14-6-7-18-9-15(14)16-19-21-22(20-16)10-12-4-3-5-13(17)8-12/h3-9,11H,10H2,1-2H3. The molecule has 0 unspecified atom stereocenters. The molecule has 0 bridgehead atoms. The van der Waals surface area contributed by atoms with Gasteiger partial charge in [0.05, 0.1) is 6.54 Å². The summed E-state index contributed by atoms with van der Waals surface area (Å²) in [6.07, 6.45) is 3.57. The molecule has 2 heterocycles. The third kappa shape index (κ3) is 3.14. The van der Waals surface area contributed by atoms with Gasteiger partial charge in [-0.15, -0.1) is 10.2 Å². The zero-order valence-electron chi connectivity index (χ0n) is 12.4. The molecule has 2 aromatic heterocycles. The number of halogens is 1. The summed E-state index contributed by atoms with van der Waals surface area (Å²) in [4.78, 5) is 5.74. The summed E-state index contributed by atoms with van der Waals surface area (Å²) in [7, 11) is 0. The summed E-state index contributed by atoms with van der Waals surface area (Å²) >= 11 is 5.99. The van der Waals surface area contributed by atoms with Crippen LogP contribution < -0.4 is 0 Å². The Hall–Kier alpha value is -2.27. The summed E-state index contributed by atoms with van der Waals surface area (Å²) in [5.41, 5.74) is 3.12. The van der Waals surface area contributed by atoms with E-state index < -0.39 is 0 Å². The maximum atomic E-state index is 5.99. The predicted octanol–water partition coefficient (Wildman–Crippen LogP) is 3.56. The highest BCUT2D eigenvalue weighted by Crippen LogP contribution is 2.25. The first-order chi connectivity index (χ1) is 10.6. The van der Waals surface area contributed by atoms with Crippen LogP contribution in [0.15, 0.2) is 42.7 Å². The highest BCUT2D eigenvalue weighted by atomic mass is 35.5. The lowest BCUT2D eigenvalue weighted by Crippen LogP contribution is -2.04. The molecule has 0 radical (unpaired) electrons. The number of tetrazole rings is 1. The molecule has 0 N–H and O–H groups in total. The Morgan fingerprint density at radius 1 is 1.23 bits per heavy atom. The first-order valence-corrected chi connectivity index (χ1v) is 7.48. The molecule has 22 heavy (non-hydrogen) atoms. The zero-order valence-corrected chi connectivity index (χ0v) is 13.2. The summed E-state index contributed by atoms with van der Waals surface area (Å²) < 4.78 is 0. The SMILES string of the molecule is CC(C)c1ccncc1-c1nnn(Cc2cccc(Cl)c2)n1. The number of benzene rings is 1. The second-order valence-electron chi connectivity index (χ2n) is 5.39. The number of nitrogens with zero attached hydrogens (tertiary/aromatic N) is 5. The fraction of sp³-hybridized carbons (Fsp3) is 0.250. The van der Waals surface area contributed by atoms with E-state index in [0.29, 0.717) is 23.3 Å². The second kappa shape index (κ2) is 6.23. The van der Waals surface area contributed by atoms with Gasteiger partial charge in [-0.25, -0.2) is 0 Å². The van der Waals surface area contributed by atoms with Crippen molar-refractivity contribution in [1.82, 2.24) is 25.2 Å². The maximum absolute atomic E-state index is 5.99. The Morgan fingerprint density at radius 3 is 2.86 bits per heavy atom. The molecular formula is C16H16ClN5. The number of aromatic nitrogens is 5. The van der Waals surface area contributed by atoms with Gasteiger partial charge in [-0.1, -0.05) is 37.6 Å². The fourth-order valence-corrected chi connectivity index (χ4v) is 2.53. The van der Waals surface area contributed by atoms with Gasteiger partial charge in [-0.3, -0.25) is 4.98 Å². The van der Waals surface area contributed by atoms with E-state index in [1.165, 1.54) is 0 Å². The van der Waals surface area contributed by atoms with E-state index >= 15 is 0 Å². The lowest BCUT2D eigenvalue weighted by Gasteiger charge is -2.08. The molecule has 0 aliphatic rings. The Kier molecular flexibility index (Phi) is 4.15. The van der Waals surface area contributed by atoms with E-state index in [0.717, 1.165) is 16.7 Å². The van der Waals surface area contributed by atoms with Crippen LogP contribution in [0.4, 0.5) is 0 Å². The molecule has 3 aromatic rings. The van der Waals surface area contributed by atoms with Crippen molar-refractivity contribution < 1.29 is 0 Å².